The molecule has 4 nitrogen and oxygen atoms in total. The summed E-state index contributed by atoms with van der Waals surface area (Å²) in [7, 11) is 0. The third kappa shape index (κ3) is 5.44. The van der Waals surface area contributed by atoms with Crippen molar-refractivity contribution in [3.8, 4) is 0 Å². The standard InChI is InChI=1S/C19H23FN2O2/c1-14(11-18(23)22-17-10-6-9-16(20)12-17)21-13-19(2,24)15-7-4-3-5-8-15/h3-10,12,14,21,24H,11,13H2,1-2H3,(H,22,23). The maximum absolute atomic E-state index is 13.1. The Hall–Kier alpha value is -2.24. The molecule has 0 aromatic heterocycles. The summed E-state index contributed by atoms with van der Waals surface area (Å²) < 4.78 is 13.1. The second kappa shape index (κ2) is 8.04. The summed E-state index contributed by atoms with van der Waals surface area (Å²) in [4.78, 5) is 12.0. The van der Waals surface area contributed by atoms with Gasteiger partial charge in [0.2, 0.25) is 5.91 Å². The minimum absolute atomic E-state index is 0.131. The molecule has 2 rings (SSSR count). The van der Waals surface area contributed by atoms with Crippen molar-refractivity contribution in [2.45, 2.75) is 31.9 Å². The van der Waals surface area contributed by atoms with Gasteiger partial charge in [-0.2, -0.15) is 0 Å². The lowest BCUT2D eigenvalue weighted by Gasteiger charge is -2.26. The van der Waals surface area contributed by atoms with Crippen LogP contribution in [0.5, 0.6) is 0 Å². The molecule has 1 amide bonds. The Morgan fingerprint density at radius 3 is 2.58 bits per heavy atom. The van der Waals surface area contributed by atoms with Gasteiger partial charge in [0.15, 0.2) is 0 Å². The molecule has 0 bridgehead atoms. The van der Waals surface area contributed by atoms with Crippen LogP contribution in [0.4, 0.5) is 10.1 Å². The normalized spacial score (nSPS) is 14.7. The summed E-state index contributed by atoms with van der Waals surface area (Å²) in [5, 5.41) is 16.4. The van der Waals surface area contributed by atoms with Crippen LogP contribution in [-0.2, 0) is 10.4 Å². The van der Waals surface area contributed by atoms with E-state index in [-0.39, 0.29) is 18.4 Å². The summed E-state index contributed by atoms with van der Waals surface area (Å²) in [5.74, 6) is -0.599. The average Bonchev–Trinajstić information content (AvgIpc) is 2.54. The molecule has 0 radical (unpaired) electrons. The molecular weight excluding hydrogens is 307 g/mol. The highest BCUT2D eigenvalue weighted by Gasteiger charge is 2.23. The molecule has 5 heteroatoms. The number of carbonyl (C=O) groups excluding carboxylic acids is 1. The Morgan fingerprint density at radius 2 is 1.92 bits per heavy atom. The Bertz CT molecular complexity index is 674. The van der Waals surface area contributed by atoms with E-state index < -0.39 is 11.4 Å². The molecule has 0 fully saturated rings. The number of halogens is 1. The van der Waals surface area contributed by atoms with E-state index in [4.69, 9.17) is 0 Å². The lowest BCUT2D eigenvalue weighted by molar-refractivity contribution is -0.116. The van der Waals surface area contributed by atoms with Crippen LogP contribution < -0.4 is 10.6 Å². The maximum Gasteiger partial charge on any atom is 0.225 e. The summed E-state index contributed by atoms with van der Waals surface area (Å²) in [6, 6.07) is 15.0. The minimum atomic E-state index is -1.02. The maximum atomic E-state index is 13.1. The second-order valence-electron chi connectivity index (χ2n) is 6.18. The van der Waals surface area contributed by atoms with E-state index in [1.54, 1.807) is 19.1 Å². The van der Waals surface area contributed by atoms with Gasteiger partial charge in [0.05, 0.1) is 5.60 Å². The van der Waals surface area contributed by atoms with Gasteiger partial charge in [-0.05, 0) is 37.6 Å². The largest absolute Gasteiger partial charge is 0.384 e. The fourth-order valence-corrected chi connectivity index (χ4v) is 2.40. The monoisotopic (exact) mass is 330 g/mol. The van der Waals surface area contributed by atoms with Crippen molar-refractivity contribution in [3.05, 3.63) is 66.0 Å². The van der Waals surface area contributed by atoms with Crippen LogP contribution in [0.3, 0.4) is 0 Å². The van der Waals surface area contributed by atoms with Crippen molar-refractivity contribution in [2.75, 3.05) is 11.9 Å². The van der Waals surface area contributed by atoms with Gasteiger partial charge in [-0.1, -0.05) is 36.4 Å². The Morgan fingerprint density at radius 1 is 1.21 bits per heavy atom. The number of hydrogen-bond acceptors (Lipinski definition) is 3. The molecule has 0 saturated heterocycles. The SMILES string of the molecule is CC(CC(=O)Nc1cccc(F)c1)NCC(C)(O)c1ccccc1. The third-order valence-corrected chi connectivity index (χ3v) is 3.79. The molecule has 24 heavy (non-hydrogen) atoms. The van der Waals surface area contributed by atoms with Gasteiger partial charge in [-0.25, -0.2) is 4.39 Å². The second-order valence-corrected chi connectivity index (χ2v) is 6.18. The molecule has 0 heterocycles. The topological polar surface area (TPSA) is 61.4 Å². The molecule has 0 spiro atoms. The first kappa shape index (κ1) is 18.1. The number of hydrogen-bond donors (Lipinski definition) is 3. The van der Waals surface area contributed by atoms with Crippen LogP contribution in [-0.4, -0.2) is 23.6 Å². The van der Waals surface area contributed by atoms with E-state index in [0.717, 1.165) is 5.56 Å². The first-order valence-electron chi connectivity index (χ1n) is 7.93. The zero-order valence-electron chi connectivity index (χ0n) is 13.9. The van der Waals surface area contributed by atoms with Crippen molar-refractivity contribution in [1.29, 1.82) is 0 Å². The number of aliphatic hydroxyl groups is 1. The molecule has 0 aliphatic heterocycles. The van der Waals surface area contributed by atoms with E-state index in [0.29, 0.717) is 12.2 Å². The molecule has 2 aromatic rings. The van der Waals surface area contributed by atoms with Gasteiger partial charge in [0.25, 0.3) is 0 Å². The molecular formula is C19H23FN2O2. The van der Waals surface area contributed by atoms with Crippen molar-refractivity contribution < 1.29 is 14.3 Å². The van der Waals surface area contributed by atoms with E-state index in [9.17, 15) is 14.3 Å². The number of nitrogens with one attached hydrogen (secondary N) is 2. The molecule has 0 saturated carbocycles. The highest BCUT2D eigenvalue weighted by atomic mass is 19.1. The van der Waals surface area contributed by atoms with E-state index >= 15 is 0 Å². The first-order chi connectivity index (χ1) is 11.4. The van der Waals surface area contributed by atoms with Crippen LogP contribution in [0.2, 0.25) is 0 Å². The highest BCUT2D eigenvalue weighted by Crippen LogP contribution is 2.19. The molecule has 2 atom stereocenters. The Labute approximate surface area is 141 Å². The predicted molar refractivity (Wildman–Crippen MR) is 93.1 cm³/mol. The molecule has 2 aromatic carbocycles. The van der Waals surface area contributed by atoms with Crippen molar-refractivity contribution >= 4 is 11.6 Å². The summed E-state index contributed by atoms with van der Waals surface area (Å²) in [6.45, 7) is 3.92. The number of rotatable bonds is 7. The van der Waals surface area contributed by atoms with Crippen LogP contribution in [0, 0.1) is 5.82 Å². The smallest absolute Gasteiger partial charge is 0.225 e. The van der Waals surface area contributed by atoms with E-state index in [1.165, 1.54) is 12.1 Å². The van der Waals surface area contributed by atoms with Crippen LogP contribution in [0.25, 0.3) is 0 Å². The highest BCUT2D eigenvalue weighted by molar-refractivity contribution is 5.91. The quantitative estimate of drug-likeness (QED) is 0.731. The molecule has 2 unspecified atom stereocenters. The van der Waals surface area contributed by atoms with Gasteiger partial charge in [0, 0.05) is 24.7 Å². The number of carbonyl (C=O) groups is 1. The predicted octanol–water partition coefficient (Wildman–Crippen LogP) is 3.04. The summed E-state index contributed by atoms with van der Waals surface area (Å²) in [6.07, 6.45) is 0.224. The number of anilines is 1. The van der Waals surface area contributed by atoms with Crippen molar-refractivity contribution in [3.63, 3.8) is 0 Å². The zero-order valence-corrected chi connectivity index (χ0v) is 13.9. The molecule has 0 aliphatic rings. The van der Waals surface area contributed by atoms with Gasteiger partial charge in [0.1, 0.15) is 5.82 Å². The molecule has 3 N–H and O–H groups in total. The first-order valence-corrected chi connectivity index (χ1v) is 7.93. The summed E-state index contributed by atoms with van der Waals surface area (Å²) >= 11 is 0. The number of benzene rings is 2. The Balaban J connectivity index is 1.82. The van der Waals surface area contributed by atoms with E-state index in [1.807, 2.05) is 37.3 Å². The lowest BCUT2D eigenvalue weighted by atomic mass is 9.96. The van der Waals surface area contributed by atoms with Gasteiger partial charge in [-0.3, -0.25) is 4.79 Å². The van der Waals surface area contributed by atoms with Crippen molar-refractivity contribution in [2.24, 2.45) is 0 Å². The average molecular weight is 330 g/mol. The lowest BCUT2D eigenvalue weighted by Crippen LogP contribution is -2.41. The van der Waals surface area contributed by atoms with Crippen LogP contribution in [0.1, 0.15) is 25.8 Å². The van der Waals surface area contributed by atoms with Crippen LogP contribution >= 0.6 is 0 Å². The van der Waals surface area contributed by atoms with Gasteiger partial charge < -0.3 is 15.7 Å². The van der Waals surface area contributed by atoms with Gasteiger partial charge in [-0.15, -0.1) is 0 Å². The Kier molecular flexibility index (Phi) is 6.06. The van der Waals surface area contributed by atoms with Gasteiger partial charge >= 0.3 is 0 Å². The number of amides is 1. The molecule has 128 valence electrons. The fraction of sp³-hybridized carbons (Fsp3) is 0.316. The van der Waals surface area contributed by atoms with Crippen LogP contribution in [0.15, 0.2) is 54.6 Å². The third-order valence-electron chi connectivity index (χ3n) is 3.79. The minimum Gasteiger partial charge on any atom is -0.384 e. The van der Waals surface area contributed by atoms with Crippen molar-refractivity contribution in [1.82, 2.24) is 5.32 Å². The fourth-order valence-electron chi connectivity index (χ4n) is 2.40. The summed E-state index contributed by atoms with van der Waals surface area (Å²) in [5.41, 5.74) is 0.228. The van der Waals surface area contributed by atoms with E-state index in [2.05, 4.69) is 10.6 Å². The molecule has 0 aliphatic carbocycles. The zero-order chi connectivity index (χ0) is 17.6.